The molecule has 0 aliphatic heterocycles. The molecule has 4 aliphatic carbocycles. The van der Waals surface area contributed by atoms with Gasteiger partial charge < -0.3 is 14.6 Å². The number of hydrogen-bond acceptors (Lipinski definition) is 5. The summed E-state index contributed by atoms with van der Waals surface area (Å²) in [7, 11) is 1.39. The average molecular weight is 362 g/mol. The summed E-state index contributed by atoms with van der Waals surface area (Å²) in [6.45, 7) is -0.450. The Morgan fingerprint density at radius 3 is 2.54 bits per heavy atom. The Hall–Kier alpha value is -1.95. The van der Waals surface area contributed by atoms with Crippen LogP contribution in [0.2, 0.25) is 0 Å². The largest absolute Gasteiger partial charge is 0.496 e. The monoisotopic (exact) mass is 362 g/mol. The van der Waals surface area contributed by atoms with Crippen LogP contribution in [0.25, 0.3) is 0 Å². The second-order valence-electron chi connectivity index (χ2n) is 8.31. The normalized spacial score (nSPS) is 34.6. The highest BCUT2D eigenvalue weighted by Crippen LogP contribution is 2.61. The maximum Gasteiger partial charge on any atom is 0.312 e. The second-order valence-corrected chi connectivity index (χ2v) is 8.31. The van der Waals surface area contributed by atoms with E-state index in [4.69, 9.17) is 9.47 Å². The number of aliphatic hydroxyl groups is 1. The van der Waals surface area contributed by atoms with E-state index in [0.717, 1.165) is 38.2 Å². The molecule has 0 radical (unpaired) electrons. The zero-order valence-corrected chi connectivity index (χ0v) is 14.8. The van der Waals surface area contributed by atoms with Crippen molar-refractivity contribution in [2.24, 2.45) is 17.3 Å². The van der Waals surface area contributed by atoms with Crippen molar-refractivity contribution in [3.8, 4) is 5.75 Å². The van der Waals surface area contributed by atoms with Crippen LogP contribution in [-0.2, 0) is 9.53 Å². The Morgan fingerprint density at radius 1 is 1.23 bits per heavy atom. The standard InChI is InChI=1S/C20H23FO5/c1-25-17-3-2-14(21)5-15(17)16(22)10-26-18(23)19-6-12-4-13(7-19)9-20(24,8-12)11-19/h2-3,5,12-13,24H,4,6-11H2,1H3/t12-,13+,19?,20?. The molecule has 1 N–H and O–H groups in total. The lowest BCUT2D eigenvalue weighted by atomic mass is 9.48. The highest BCUT2D eigenvalue weighted by atomic mass is 19.1. The van der Waals surface area contributed by atoms with Crippen molar-refractivity contribution >= 4 is 11.8 Å². The first-order valence-corrected chi connectivity index (χ1v) is 9.09. The predicted octanol–water partition coefficient (Wildman–Crippen LogP) is 2.89. The van der Waals surface area contributed by atoms with E-state index in [0.29, 0.717) is 18.3 Å². The minimum atomic E-state index is -0.765. The van der Waals surface area contributed by atoms with E-state index >= 15 is 0 Å². The number of benzene rings is 1. The Labute approximate surface area is 151 Å². The molecule has 4 atom stereocenters. The van der Waals surface area contributed by atoms with Crippen LogP contribution in [0, 0.1) is 23.1 Å². The Balaban J connectivity index is 1.46. The van der Waals surface area contributed by atoms with Crippen molar-refractivity contribution in [3.63, 3.8) is 0 Å². The zero-order chi connectivity index (χ0) is 18.5. The lowest BCUT2D eigenvalue weighted by molar-refractivity contribution is -0.195. The molecule has 1 aromatic rings. The van der Waals surface area contributed by atoms with Crippen LogP contribution in [0.15, 0.2) is 18.2 Å². The first kappa shape index (κ1) is 17.5. The Bertz CT molecular complexity index is 745. The molecule has 0 amide bonds. The molecule has 4 aliphatic rings. The summed E-state index contributed by atoms with van der Waals surface area (Å²) in [6, 6.07) is 3.67. The number of carbonyl (C=O) groups is 2. The number of ether oxygens (including phenoxy) is 2. The molecular formula is C20H23FO5. The maximum absolute atomic E-state index is 13.4. The van der Waals surface area contributed by atoms with Gasteiger partial charge >= 0.3 is 5.97 Å². The molecule has 2 unspecified atom stereocenters. The molecule has 5 nitrogen and oxygen atoms in total. The third-order valence-electron chi connectivity index (χ3n) is 6.26. The number of rotatable bonds is 5. The molecule has 140 valence electrons. The fraction of sp³-hybridized carbons (Fsp3) is 0.600. The average Bonchev–Trinajstić information content (AvgIpc) is 2.57. The molecule has 0 saturated heterocycles. The summed E-state index contributed by atoms with van der Waals surface area (Å²) >= 11 is 0. The second kappa shape index (κ2) is 6.05. The number of carbonyl (C=O) groups excluding carboxylic acids is 2. The molecule has 4 fully saturated rings. The zero-order valence-electron chi connectivity index (χ0n) is 14.8. The van der Waals surface area contributed by atoms with E-state index in [9.17, 15) is 19.1 Å². The lowest BCUT2D eigenvalue weighted by Crippen LogP contribution is -2.58. The molecule has 6 heteroatoms. The molecule has 0 heterocycles. The Kier molecular flexibility index (Phi) is 4.06. The van der Waals surface area contributed by atoms with E-state index in [1.807, 2.05) is 0 Å². The fourth-order valence-electron chi connectivity index (χ4n) is 5.71. The third-order valence-corrected chi connectivity index (χ3v) is 6.26. The summed E-state index contributed by atoms with van der Waals surface area (Å²) < 4.78 is 23.9. The topological polar surface area (TPSA) is 72.8 Å². The van der Waals surface area contributed by atoms with Crippen molar-refractivity contribution in [1.29, 1.82) is 0 Å². The van der Waals surface area contributed by atoms with Crippen LogP contribution in [0.3, 0.4) is 0 Å². The predicted molar refractivity (Wildman–Crippen MR) is 90.3 cm³/mol. The van der Waals surface area contributed by atoms with Gasteiger partial charge in [0, 0.05) is 0 Å². The smallest absolute Gasteiger partial charge is 0.312 e. The Morgan fingerprint density at radius 2 is 1.92 bits per heavy atom. The van der Waals surface area contributed by atoms with E-state index in [-0.39, 0.29) is 11.3 Å². The van der Waals surface area contributed by atoms with Gasteiger partial charge in [0.2, 0.25) is 5.78 Å². The van der Waals surface area contributed by atoms with Gasteiger partial charge in [0.25, 0.3) is 0 Å². The third kappa shape index (κ3) is 2.90. The van der Waals surface area contributed by atoms with Crippen LogP contribution < -0.4 is 4.74 Å². The first-order valence-electron chi connectivity index (χ1n) is 9.09. The molecule has 0 aromatic heterocycles. The number of esters is 1. The molecular weight excluding hydrogens is 339 g/mol. The van der Waals surface area contributed by atoms with Gasteiger partial charge in [0.1, 0.15) is 11.6 Å². The summed E-state index contributed by atoms with van der Waals surface area (Å²) in [5.41, 5.74) is -1.38. The van der Waals surface area contributed by atoms with Crippen LogP contribution in [0.5, 0.6) is 5.75 Å². The van der Waals surface area contributed by atoms with Gasteiger partial charge in [-0.05, 0) is 68.6 Å². The van der Waals surface area contributed by atoms with E-state index < -0.39 is 35.2 Å². The molecule has 0 spiro atoms. The van der Waals surface area contributed by atoms with Crippen molar-refractivity contribution < 1.29 is 28.6 Å². The molecule has 1 aromatic carbocycles. The van der Waals surface area contributed by atoms with Crippen LogP contribution in [0.1, 0.15) is 48.9 Å². The van der Waals surface area contributed by atoms with E-state index in [1.165, 1.54) is 19.2 Å². The number of ketones is 1. The summed E-state index contributed by atoms with van der Waals surface area (Å²) in [4.78, 5) is 25.2. The highest BCUT2D eigenvalue weighted by Gasteiger charge is 2.60. The van der Waals surface area contributed by atoms with Gasteiger partial charge in [0.05, 0.1) is 23.7 Å². The van der Waals surface area contributed by atoms with Crippen molar-refractivity contribution in [3.05, 3.63) is 29.6 Å². The highest BCUT2D eigenvalue weighted by molar-refractivity contribution is 6.00. The lowest BCUT2D eigenvalue weighted by Gasteiger charge is -2.58. The van der Waals surface area contributed by atoms with Crippen LogP contribution in [-0.4, -0.2) is 36.2 Å². The molecule has 5 rings (SSSR count). The van der Waals surface area contributed by atoms with Gasteiger partial charge in [-0.2, -0.15) is 0 Å². The van der Waals surface area contributed by atoms with Gasteiger partial charge in [-0.25, -0.2) is 4.39 Å². The fourth-order valence-corrected chi connectivity index (χ4v) is 5.71. The van der Waals surface area contributed by atoms with E-state index in [1.54, 1.807) is 0 Å². The minimum absolute atomic E-state index is 0.0597. The van der Waals surface area contributed by atoms with Crippen LogP contribution >= 0.6 is 0 Å². The van der Waals surface area contributed by atoms with Crippen molar-refractivity contribution in [2.75, 3.05) is 13.7 Å². The quantitative estimate of drug-likeness (QED) is 0.644. The summed E-state index contributed by atoms with van der Waals surface area (Å²) in [6.07, 6.45) is 4.46. The number of methoxy groups -OCH3 is 1. The van der Waals surface area contributed by atoms with E-state index in [2.05, 4.69) is 0 Å². The van der Waals surface area contributed by atoms with Gasteiger partial charge in [0.15, 0.2) is 6.61 Å². The van der Waals surface area contributed by atoms with Gasteiger partial charge in [-0.3, -0.25) is 9.59 Å². The molecule has 4 saturated carbocycles. The summed E-state index contributed by atoms with van der Waals surface area (Å²) in [5, 5.41) is 10.7. The molecule has 26 heavy (non-hydrogen) atoms. The molecule has 4 bridgehead atoms. The van der Waals surface area contributed by atoms with Crippen molar-refractivity contribution in [2.45, 2.75) is 44.1 Å². The number of Topliss-reactive ketones (excluding diaryl/α,β-unsaturated/α-hetero) is 1. The van der Waals surface area contributed by atoms with Gasteiger partial charge in [-0.1, -0.05) is 0 Å². The van der Waals surface area contributed by atoms with Crippen LogP contribution in [0.4, 0.5) is 4.39 Å². The number of hydrogen-bond donors (Lipinski definition) is 1. The van der Waals surface area contributed by atoms with Gasteiger partial charge in [-0.15, -0.1) is 0 Å². The minimum Gasteiger partial charge on any atom is -0.496 e. The van der Waals surface area contributed by atoms with Crippen molar-refractivity contribution in [1.82, 2.24) is 0 Å². The maximum atomic E-state index is 13.4. The number of halogens is 1. The SMILES string of the molecule is COc1ccc(F)cc1C(=O)COC(=O)C12C[C@@H]3C[C@@H](CC(O)(C3)C1)C2. The first-order chi connectivity index (χ1) is 12.3. The summed E-state index contributed by atoms with van der Waals surface area (Å²) in [5.74, 6) is -0.507.